The third-order valence-corrected chi connectivity index (χ3v) is 4.77. The van der Waals surface area contributed by atoms with Crippen LogP contribution in [0.25, 0.3) is 0 Å². The molecule has 5 heteroatoms. The van der Waals surface area contributed by atoms with Crippen molar-refractivity contribution < 1.29 is 8.42 Å². The summed E-state index contributed by atoms with van der Waals surface area (Å²) in [5, 5.41) is 3.11. The van der Waals surface area contributed by atoms with Crippen molar-refractivity contribution in [3.8, 4) is 0 Å². The largest absolute Gasteiger partial charge is 0.388 e. The summed E-state index contributed by atoms with van der Waals surface area (Å²) in [5.41, 5.74) is 2.94. The van der Waals surface area contributed by atoms with Crippen LogP contribution in [-0.2, 0) is 16.4 Å². The number of nitrogens with zero attached hydrogens (tertiary/aromatic N) is 1. The molecule has 0 aromatic heterocycles. The Morgan fingerprint density at radius 3 is 2.81 bits per heavy atom. The Morgan fingerprint density at radius 1 is 1.44 bits per heavy atom. The second kappa shape index (κ2) is 3.97. The second-order valence-electron chi connectivity index (χ2n) is 3.78. The van der Waals surface area contributed by atoms with Gasteiger partial charge in [-0.2, -0.15) is 0 Å². The standard InChI is InChI=1S/C11H16N2O2S/c1-3-13-11-6-4-5-10(12-2)9(11)7-8-16(13,14)15/h4-6,12H,3,7-8H2,1-2H3. The molecular weight excluding hydrogens is 224 g/mol. The Morgan fingerprint density at radius 2 is 2.19 bits per heavy atom. The number of fused-ring (bicyclic) bond motifs is 1. The highest BCUT2D eigenvalue weighted by atomic mass is 32.2. The molecule has 1 aliphatic rings. The van der Waals surface area contributed by atoms with Gasteiger partial charge in [0.15, 0.2) is 0 Å². The quantitative estimate of drug-likeness (QED) is 0.851. The van der Waals surface area contributed by atoms with Crippen LogP contribution in [-0.4, -0.2) is 27.8 Å². The van der Waals surface area contributed by atoms with Crippen molar-refractivity contribution in [3.05, 3.63) is 23.8 Å². The molecule has 0 atom stereocenters. The predicted molar refractivity (Wildman–Crippen MR) is 66.5 cm³/mol. The maximum atomic E-state index is 11.9. The highest BCUT2D eigenvalue weighted by Crippen LogP contribution is 2.33. The lowest BCUT2D eigenvalue weighted by Crippen LogP contribution is -2.37. The minimum absolute atomic E-state index is 0.201. The zero-order valence-electron chi connectivity index (χ0n) is 9.53. The highest BCUT2D eigenvalue weighted by molar-refractivity contribution is 7.92. The molecule has 0 saturated carbocycles. The number of benzene rings is 1. The van der Waals surface area contributed by atoms with E-state index in [0.29, 0.717) is 13.0 Å². The van der Waals surface area contributed by atoms with Gasteiger partial charge in [0.2, 0.25) is 10.0 Å². The van der Waals surface area contributed by atoms with Gasteiger partial charge in [0.25, 0.3) is 0 Å². The van der Waals surface area contributed by atoms with Gasteiger partial charge in [-0.25, -0.2) is 8.42 Å². The fourth-order valence-electron chi connectivity index (χ4n) is 2.16. The van der Waals surface area contributed by atoms with Gasteiger partial charge in [-0.05, 0) is 25.5 Å². The van der Waals surface area contributed by atoms with Crippen LogP contribution in [0.5, 0.6) is 0 Å². The summed E-state index contributed by atoms with van der Waals surface area (Å²) in [6.07, 6.45) is 0.588. The maximum absolute atomic E-state index is 11.9. The molecule has 2 rings (SSSR count). The molecule has 1 aliphatic heterocycles. The molecule has 1 N–H and O–H groups in total. The fraction of sp³-hybridized carbons (Fsp3) is 0.455. The van der Waals surface area contributed by atoms with Crippen LogP contribution in [0.1, 0.15) is 12.5 Å². The number of anilines is 2. The number of hydrogen-bond acceptors (Lipinski definition) is 3. The Hall–Kier alpha value is -1.23. The zero-order valence-corrected chi connectivity index (χ0v) is 10.3. The van der Waals surface area contributed by atoms with Crippen LogP contribution >= 0.6 is 0 Å². The van der Waals surface area contributed by atoms with Crippen molar-refractivity contribution in [1.29, 1.82) is 0 Å². The molecule has 1 aromatic carbocycles. The summed E-state index contributed by atoms with van der Waals surface area (Å²) >= 11 is 0. The average Bonchev–Trinajstić information content (AvgIpc) is 2.27. The van der Waals surface area contributed by atoms with Gasteiger partial charge in [0, 0.05) is 24.8 Å². The van der Waals surface area contributed by atoms with Crippen molar-refractivity contribution in [3.63, 3.8) is 0 Å². The van der Waals surface area contributed by atoms with E-state index in [1.807, 2.05) is 32.2 Å². The molecule has 0 fully saturated rings. The number of hydrogen-bond donors (Lipinski definition) is 1. The molecule has 1 aromatic rings. The SMILES string of the molecule is CCN1c2cccc(NC)c2CCS1(=O)=O. The van der Waals surface area contributed by atoms with E-state index in [4.69, 9.17) is 0 Å². The predicted octanol–water partition coefficient (Wildman–Crippen LogP) is 1.44. The number of rotatable bonds is 2. The van der Waals surface area contributed by atoms with Crippen LogP contribution in [0.3, 0.4) is 0 Å². The molecule has 0 radical (unpaired) electrons. The van der Waals surface area contributed by atoms with Gasteiger partial charge in [-0.3, -0.25) is 4.31 Å². The Kier molecular flexibility index (Phi) is 2.80. The highest BCUT2D eigenvalue weighted by Gasteiger charge is 2.29. The summed E-state index contributed by atoms with van der Waals surface area (Å²) in [4.78, 5) is 0. The van der Waals surface area contributed by atoms with Crippen LogP contribution in [0.4, 0.5) is 11.4 Å². The Balaban J connectivity index is 2.59. The zero-order chi connectivity index (χ0) is 11.8. The smallest absolute Gasteiger partial charge is 0.235 e. The first kappa shape index (κ1) is 11.3. The first-order valence-corrected chi connectivity index (χ1v) is 7.01. The maximum Gasteiger partial charge on any atom is 0.235 e. The van der Waals surface area contributed by atoms with E-state index in [2.05, 4.69) is 5.32 Å². The third kappa shape index (κ3) is 1.65. The number of sulfonamides is 1. The Labute approximate surface area is 96.3 Å². The Bertz CT molecular complexity index is 497. The van der Waals surface area contributed by atoms with E-state index in [-0.39, 0.29) is 5.75 Å². The van der Waals surface area contributed by atoms with Crippen LogP contribution in [0.2, 0.25) is 0 Å². The first-order chi connectivity index (χ1) is 7.60. The van der Waals surface area contributed by atoms with Gasteiger partial charge >= 0.3 is 0 Å². The van der Waals surface area contributed by atoms with E-state index in [9.17, 15) is 8.42 Å². The van der Waals surface area contributed by atoms with Gasteiger partial charge in [0.1, 0.15) is 0 Å². The van der Waals surface area contributed by atoms with Crippen molar-refractivity contribution in [2.75, 3.05) is 29.0 Å². The van der Waals surface area contributed by atoms with E-state index in [0.717, 1.165) is 16.9 Å². The minimum atomic E-state index is -3.11. The van der Waals surface area contributed by atoms with Gasteiger partial charge in [0.05, 0.1) is 11.4 Å². The van der Waals surface area contributed by atoms with Gasteiger partial charge in [-0.15, -0.1) is 0 Å². The lowest BCUT2D eigenvalue weighted by atomic mass is 10.1. The normalized spacial score (nSPS) is 18.0. The number of nitrogens with one attached hydrogen (secondary N) is 1. The van der Waals surface area contributed by atoms with Crippen LogP contribution in [0.15, 0.2) is 18.2 Å². The van der Waals surface area contributed by atoms with Crippen molar-refractivity contribution in [2.45, 2.75) is 13.3 Å². The van der Waals surface area contributed by atoms with E-state index < -0.39 is 10.0 Å². The molecule has 0 unspecified atom stereocenters. The lowest BCUT2D eigenvalue weighted by Gasteiger charge is -2.30. The lowest BCUT2D eigenvalue weighted by molar-refractivity contribution is 0.588. The molecule has 0 bridgehead atoms. The first-order valence-electron chi connectivity index (χ1n) is 5.40. The van der Waals surface area contributed by atoms with E-state index in [1.54, 1.807) is 0 Å². The molecule has 0 spiro atoms. The van der Waals surface area contributed by atoms with Crippen LogP contribution in [0, 0.1) is 0 Å². The van der Waals surface area contributed by atoms with Crippen molar-refractivity contribution in [2.24, 2.45) is 0 Å². The summed E-state index contributed by atoms with van der Waals surface area (Å²) in [6, 6.07) is 5.73. The molecule has 0 aliphatic carbocycles. The topological polar surface area (TPSA) is 49.4 Å². The molecule has 88 valence electrons. The van der Waals surface area contributed by atoms with Crippen LogP contribution < -0.4 is 9.62 Å². The second-order valence-corrected chi connectivity index (χ2v) is 5.80. The summed E-state index contributed by atoms with van der Waals surface area (Å²) < 4.78 is 25.3. The third-order valence-electron chi connectivity index (χ3n) is 2.92. The monoisotopic (exact) mass is 240 g/mol. The molecule has 0 saturated heterocycles. The summed E-state index contributed by atoms with van der Waals surface area (Å²) in [5.74, 6) is 0.201. The molecule has 4 nitrogen and oxygen atoms in total. The van der Waals surface area contributed by atoms with Gasteiger partial charge < -0.3 is 5.32 Å². The molecular formula is C11H16N2O2S. The summed E-state index contributed by atoms with van der Waals surface area (Å²) in [7, 11) is -1.25. The molecule has 0 amide bonds. The average molecular weight is 240 g/mol. The van der Waals surface area contributed by atoms with E-state index >= 15 is 0 Å². The van der Waals surface area contributed by atoms with Crippen molar-refractivity contribution >= 4 is 21.4 Å². The fourth-order valence-corrected chi connectivity index (χ4v) is 3.71. The minimum Gasteiger partial charge on any atom is -0.388 e. The van der Waals surface area contributed by atoms with Crippen molar-refractivity contribution in [1.82, 2.24) is 0 Å². The van der Waals surface area contributed by atoms with Gasteiger partial charge in [-0.1, -0.05) is 6.07 Å². The molecule has 1 heterocycles. The summed E-state index contributed by atoms with van der Waals surface area (Å²) in [6.45, 7) is 2.35. The van der Waals surface area contributed by atoms with E-state index in [1.165, 1.54) is 4.31 Å². The molecule has 16 heavy (non-hydrogen) atoms.